The van der Waals surface area contributed by atoms with E-state index in [2.05, 4.69) is 318 Å². The van der Waals surface area contributed by atoms with Crippen LogP contribution in [0, 0.1) is 0 Å². The zero-order chi connectivity index (χ0) is 86.9. The maximum Gasteiger partial charge on any atom is 0.150 e. The Kier molecular flexibility index (Phi) is 56.3. The zero-order valence-corrected chi connectivity index (χ0v) is 87.6. The summed E-state index contributed by atoms with van der Waals surface area (Å²) >= 11 is 23.1. The molecule has 7 rings (SSSR count). The summed E-state index contributed by atoms with van der Waals surface area (Å²) in [5.41, 5.74) is 16.4. The van der Waals surface area contributed by atoms with Crippen LogP contribution in [0.2, 0.25) is 0 Å². The van der Waals surface area contributed by atoms with E-state index in [1.54, 1.807) is 0 Å². The molecule has 15 nitrogen and oxygen atoms in total. The Morgan fingerprint density at radius 3 is 1.09 bits per heavy atom. The van der Waals surface area contributed by atoms with Crippen LogP contribution in [-0.4, -0.2) is 133 Å². The molecule has 7 aromatic rings. The minimum atomic E-state index is 0.339. The van der Waals surface area contributed by atoms with Crippen molar-refractivity contribution < 1.29 is 4.52 Å². The Bertz CT molecular complexity index is 3580. The molecule has 0 aliphatic rings. The fourth-order valence-electron chi connectivity index (χ4n) is 9.47. The molecule has 0 saturated heterocycles. The third kappa shape index (κ3) is 47.1. The van der Waals surface area contributed by atoms with Crippen molar-refractivity contribution in [2.75, 3.05) is 0 Å². The quantitative estimate of drug-likeness (QED) is 0.0352. The second kappa shape index (κ2) is 59.2. The first kappa shape index (κ1) is 109. The van der Waals surface area contributed by atoms with Crippen LogP contribution in [0.5, 0.6) is 0 Å². The fraction of sp³-hybridized carbons (Fsp3) is 0.750. The lowest BCUT2D eigenvalue weighted by Crippen LogP contribution is -2.09. The third-order valence-corrected chi connectivity index (χ3v) is 29.2. The van der Waals surface area contributed by atoms with Crippen molar-refractivity contribution in [1.82, 2.24) is 70.0 Å². The maximum atomic E-state index is 5.56. The Morgan fingerprint density at radius 1 is 0.322 bits per heavy atom. The van der Waals surface area contributed by atoms with Gasteiger partial charge < -0.3 is 4.52 Å². The van der Waals surface area contributed by atoms with Gasteiger partial charge in [-0.15, -0.1) is 5.10 Å². The molecule has 115 heavy (non-hydrogen) atoms. The molecule has 0 aliphatic carbocycles. The average molecular weight is 1810 g/mol. The highest BCUT2D eigenvalue weighted by atomic mass is 32.2. The van der Waals surface area contributed by atoms with Gasteiger partial charge in [-0.3, -0.25) is 9.97 Å². The molecule has 0 bridgehead atoms. The van der Waals surface area contributed by atoms with E-state index < -0.39 is 0 Å². The normalized spacial score (nSPS) is 12.0. The van der Waals surface area contributed by atoms with Gasteiger partial charge in [0.15, 0.2) is 5.76 Å². The molecule has 6 aromatic heterocycles. The lowest BCUT2D eigenvalue weighted by atomic mass is 10.0. The molecule has 0 radical (unpaired) electrons. The fourth-order valence-corrected chi connectivity index (χ4v) is 18.1. The van der Waals surface area contributed by atoms with Gasteiger partial charge in [0.05, 0.1) is 91.3 Å². The summed E-state index contributed by atoms with van der Waals surface area (Å²) in [7, 11) is 0. The third-order valence-electron chi connectivity index (χ3n) is 16.0. The minimum absolute atomic E-state index is 0.339. The summed E-state index contributed by atoms with van der Waals surface area (Å²) in [6.45, 7) is 79.3. The van der Waals surface area contributed by atoms with Crippen LogP contribution in [0.25, 0.3) is 11.0 Å². The predicted molar refractivity (Wildman–Crippen MR) is 532 cm³/mol. The molecule has 0 atom stereocenters. The Hall–Kier alpha value is -1.66. The van der Waals surface area contributed by atoms with Crippen LogP contribution in [0.15, 0.2) is 28.9 Å². The number of aromatic nitrogens is 14. The second-order valence-electron chi connectivity index (χ2n) is 33.5. The topological polar surface area (TPSA) is 178 Å². The average Bonchev–Trinajstić information content (AvgIpc) is 1.80. The van der Waals surface area contributed by atoms with Crippen molar-refractivity contribution in [2.24, 2.45) is 0 Å². The van der Waals surface area contributed by atoms with Crippen LogP contribution in [-0.2, 0) is 69.0 Å². The van der Waals surface area contributed by atoms with Crippen molar-refractivity contribution in [3.8, 4) is 0 Å². The van der Waals surface area contributed by atoms with Crippen molar-refractivity contribution in [3.63, 3.8) is 0 Å². The summed E-state index contributed by atoms with van der Waals surface area (Å²) < 4.78 is 7.63. The van der Waals surface area contributed by atoms with E-state index in [4.69, 9.17) is 19.5 Å². The van der Waals surface area contributed by atoms with E-state index in [-0.39, 0.29) is 0 Å². The highest BCUT2D eigenvalue weighted by Crippen LogP contribution is 2.34. The number of hydrogen-bond acceptors (Lipinski definition) is 25. The molecule has 0 amide bonds. The molecule has 0 N–H and O–H groups in total. The van der Waals surface area contributed by atoms with Crippen LogP contribution in [0.1, 0.15) is 376 Å². The van der Waals surface area contributed by atoms with Crippen LogP contribution in [0.4, 0.5) is 0 Å². The van der Waals surface area contributed by atoms with Crippen molar-refractivity contribution in [2.45, 2.75) is 417 Å². The van der Waals surface area contributed by atoms with Crippen LogP contribution >= 0.6 is 141 Å². The summed E-state index contributed by atoms with van der Waals surface area (Å²) in [5.74, 6) is 17.1. The molecule has 1 aromatic carbocycles. The summed E-state index contributed by atoms with van der Waals surface area (Å²) in [4.78, 5) is 35.0. The number of benzene rings is 1. The van der Waals surface area contributed by atoms with E-state index in [9.17, 15) is 0 Å². The standard InChI is InChI=1S/C19H28N2S2.C15H26N2S2.C14H25N3S2.C14H25NOS2.2C13H25N3S2/c1-12(2)15-7-8-16-17(9-15)21-19(11-23-14(5)6)18(20-16)10-22-13(3)4;1-10(2)13-7-16-14(8-18-11(3)4)15(17-13)9-19-12(5)6;1-9(2)14-16-12(7-18-10(3)4)15-13(17-14)8-19-11(5)6;1-9(2)14-12(7-17-10(3)4)13(16-15-14)8-18-11(5)6;1-9(2)16-13(8-18-11(5)6)12(14-15-16)7-17-10(3)4;1-9(2)16-14-12(7-17-10(3)4)13(15-16)8-18-11(5)6/h7-9,12-14H,10-11H2,1-6H3;7,10-12H,8-9H2,1-6H3;9-11H,7-8H2,1-6H3;3*9-11H,7-8H2,1-6H3. The van der Waals surface area contributed by atoms with Crippen molar-refractivity contribution >= 4 is 152 Å². The predicted octanol–water partition coefficient (Wildman–Crippen LogP) is 28.6. The van der Waals surface area contributed by atoms with Gasteiger partial charge >= 0.3 is 0 Å². The molecule has 6 heterocycles. The first-order valence-corrected chi connectivity index (χ1v) is 54.6. The van der Waals surface area contributed by atoms with Gasteiger partial charge in [-0.2, -0.15) is 156 Å². The number of rotatable bonds is 42. The molecule has 0 saturated carbocycles. The first-order valence-electron chi connectivity index (χ1n) is 42.0. The number of fused-ring (bicyclic) bond motifs is 1. The summed E-state index contributed by atoms with van der Waals surface area (Å²) in [6, 6.07) is 7.24. The number of hydrogen-bond donors (Lipinski definition) is 0. The molecule has 0 spiro atoms. The van der Waals surface area contributed by atoms with Gasteiger partial charge in [0.1, 0.15) is 17.5 Å². The molecular weight excluding hydrogens is 1650 g/mol. The Morgan fingerprint density at radius 2 is 0.696 bits per heavy atom. The molecule has 0 aliphatic heterocycles. The monoisotopic (exact) mass is 1810 g/mol. The lowest BCUT2D eigenvalue weighted by Gasteiger charge is -2.13. The van der Waals surface area contributed by atoms with Gasteiger partial charge in [-0.25, -0.2) is 29.6 Å². The molecule has 27 heteroatoms. The molecule has 0 fully saturated rings. The molecular formula is C88H154N14OS12. The van der Waals surface area contributed by atoms with E-state index >= 15 is 0 Å². The largest absolute Gasteiger partial charge is 0.360 e. The van der Waals surface area contributed by atoms with Gasteiger partial charge in [0.25, 0.3) is 0 Å². The minimum Gasteiger partial charge on any atom is -0.360 e. The van der Waals surface area contributed by atoms with E-state index in [1.165, 1.54) is 22.5 Å². The lowest BCUT2D eigenvalue weighted by molar-refractivity contribution is 0.385. The Labute approximate surface area is 752 Å². The summed E-state index contributed by atoms with van der Waals surface area (Å²) in [6.07, 6.45) is 1.95. The highest BCUT2D eigenvalue weighted by molar-refractivity contribution is 8.01. The summed E-state index contributed by atoms with van der Waals surface area (Å²) in [5, 5.41) is 29.7. The van der Waals surface area contributed by atoms with Crippen LogP contribution < -0.4 is 0 Å². The van der Waals surface area contributed by atoms with Crippen molar-refractivity contribution in [3.05, 3.63) is 116 Å². The van der Waals surface area contributed by atoms with E-state index in [0.29, 0.717) is 98.8 Å². The first-order chi connectivity index (χ1) is 53.9. The second-order valence-corrected chi connectivity index (χ2v) is 52.3. The SMILES string of the molecule is CC(C)SCc1nc(CSC(C)C)nc(C(C)C)n1.CC(C)SCc1nc2ccc(C(C)C)cc2nc1CSC(C)C.CC(C)SCc1ncc(C(C)C)nc1CSC(C)C.CC(C)SCc1nn(C(C)C)nc1CSC(C)C.CC(C)SCc1nnn(C(C)C)c1CSC(C)C.CC(C)SCc1onc(C(C)C)c1CSC(C)C. The number of thioether (sulfide) groups is 12. The van der Waals surface area contributed by atoms with E-state index in [0.717, 1.165) is 149 Å². The van der Waals surface area contributed by atoms with Crippen molar-refractivity contribution in [1.29, 1.82) is 0 Å². The maximum absolute atomic E-state index is 5.56. The Balaban J connectivity index is 0.000000469. The molecule has 654 valence electrons. The number of nitrogens with zero attached hydrogens (tertiary/aromatic N) is 14. The smallest absolute Gasteiger partial charge is 0.150 e. The van der Waals surface area contributed by atoms with E-state index in [1.807, 2.05) is 152 Å². The molecule has 0 unspecified atom stereocenters. The van der Waals surface area contributed by atoms with Gasteiger partial charge in [0, 0.05) is 75.5 Å². The van der Waals surface area contributed by atoms with Gasteiger partial charge in [-0.05, 0) is 126 Å². The van der Waals surface area contributed by atoms with Crippen LogP contribution in [0.3, 0.4) is 0 Å². The highest BCUT2D eigenvalue weighted by Gasteiger charge is 2.22. The van der Waals surface area contributed by atoms with Gasteiger partial charge in [0.2, 0.25) is 0 Å². The van der Waals surface area contributed by atoms with Gasteiger partial charge in [-0.1, -0.05) is 238 Å². The zero-order valence-electron chi connectivity index (χ0n) is 77.8.